The normalized spacial score (nSPS) is 23.8. The minimum absolute atomic E-state index is 0.0168. The fraction of sp³-hybridized carbons (Fsp3) is 0.619. The number of hydrogen-bond donors (Lipinski definition) is 1. The van der Waals surface area contributed by atoms with Crippen molar-refractivity contribution in [3.8, 4) is 0 Å². The molecular formula is C21H30N4O4. The molecule has 0 aromatic carbocycles. The van der Waals surface area contributed by atoms with Crippen LogP contribution in [-0.4, -0.2) is 56.5 Å². The van der Waals surface area contributed by atoms with E-state index in [9.17, 15) is 9.59 Å². The molecule has 1 aromatic heterocycles. The van der Waals surface area contributed by atoms with E-state index >= 15 is 0 Å². The van der Waals surface area contributed by atoms with Gasteiger partial charge in [0.2, 0.25) is 5.91 Å². The summed E-state index contributed by atoms with van der Waals surface area (Å²) in [6.45, 7) is 6.30. The average Bonchev–Trinajstić information content (AvgIpc) is 3.21. The summed E-state index contributed by atoms with van der Waals surface area (Å²) < 4.78 is 1.74. The van der Waals surface area contributed by atoms with E-state index < -0.39 is 0 Å². The van der Waals surface area contributed by atoms with Gasteiger partial charge >= 0.3 is 0 Å². The van der Waals surface area contributed by atoms with Crippen molar-refractivity contribution in [3.63, 3.8) is 0 Å². The monoisotopic (exact) mass is 402 g/mol. The van der Waals surface area contributed by atoms with Gasteiger partial charge in [-0.05, 0) is 45.2 Å². The molecule has 0 bridgehead atoms. The lowest BCUT2D eigenvalue weighted by Crippen LogP contribution is -2.48. The average molecular weight is 402 g/mol. The van der Waals surface area contributed by atoms with Crippen LogP contribution in [0, 0.1) is 5.41 Å². The zero-order valence-corrected chi connectivity index (χ0v) is 17.0. The predicted molar refractivity (Wildman–Crippen MR) is 108 cm³/mol. The molecular weight excluding hydrogens is 372 g/mol. The van der Waals surface area contributed by atoms with Crippen LogP contribution in [0.4, 0.5) is 0 Å². The Bertz CT molecular complexity index is 828. The molecule has 158 valence electrons. The van der Waals surface area contributed by atoms with E-state index in [1.54, 1.807) is 10.6 Å². The Morgan fingerprint density at radius 1 is 1.24 bits per heavy atom. The van der Waals surface area contributed by atoms with E-state index in [1.165, 1.54) is 12.8 Å². The van der Waals surface area contributed by atoms with Crippen LogP contribution in [0.25, 0.3) is 0 Å². The standard InChI is InChI=1S/C20H28N4O2.CH2O2/c1-20(7-3-2-4-8-20)19(26)23-11-12-24-17(15-23)21-16(13-18(24)25)14-22-9-5-6-10-22;2-1-3/h2-3,13H,4-12,14-15H2,1H3;1H,(H,2,3). The molecule has 1 atom stereocenters. The molecule has 29 heavy (non-hydrogen) atoms. The van der Waals surface area contributed by atoms with Crippen molar-refractivity contribution < 1.29 is 14.7 Å². The summed E-state index contributed by atoms with van der Waals surface area (Å²) in [5.74, 6) is 0.938. The molecule has 1 aliphatic carbocycles. The summed E-state index contributed by atoms with van der Waals surface area (Å²) in [5.41, 5.74) is 0.539. The molecule has 8 heteroatoms. The molecule has 4 rings (SSSR count). The highest BCUT2D eigenvalue weighted by Gasteiger charge is 2.37. The zero-order valence-electron chi connectivity index (χ0n) is 17.0. The number of amides is 1. The van der Waals surface area contributed by atoms with Crippen LogP contribution in [0.5, 0.6) is 0 Å². The molecule has 2 aliphatic heterocycles. The van der Waals surface area contributed by atoms with E-state index in [2.05, 4.69) is 24.0 Å². The van der Waals surface area contributed by atoms with Crippen LogP contribution >= 0.6 is 0 Å². The van der Waals surface area contributed by atoms with Gasteiger partial charge in [-0.15, -0.1) is 0 Å². The largest absolute Gasteiger partial charge is 0.483 e. The van der Waals surface area contributed by atoms with Crippen LogP contribution in [-0.2, 0) is 29.2 Å². The molecule has 0 spiro atoms. The highest BCUT2D eigenvalue weighted by molar-refractivity contribution is 5.82. The highest BCUT2D eigenvalue weighted by Crippen LogP contribution is 2.34. The van der Waals surface area contributed by atoms with Gasteiger partial charge in [0.05, 0.1) is 17.7 Å². The SMILES string of the molecule is CC1(C(=O)N2CCn3c(nc(CN4CCCC4)cc3=O)C2)CC=CCC1.O=CO. The Morgan fingerprint density at radius 2 is 1.97 bits per heavy atom. The number of likely N-dealkylation sites (tertiary alicyclic amines) is 1. The van der Waals surface area contributed by atoms with E-state index in [0.717, 1.165) is 50.4 Å². The molecule has 1 N–H and O–H groups in total. The van der Waals surface area contributed by atoms with Crippen LogP contribution < -0.4 is 5.56 Å². The molecule has 1 saturated heterocycles. The Morgan fingerprint density at radius 3 is 2.62 bits per heavy atom. The molecule has 1 amide bonds. The molecule has 3 aliphatic rings. The quantitative estimate of drug-likeness (QED) is 0.610. The number of aromatic nitrogens is 2. The number of fused-ring (bicyclic) bond motifs is 1. The van der Waals surface area contributed by atoms with Crippen molar-refractivity contribution >= 4 is 12.4 Å². The van der Waals surface area contributed by atoms with Gasteiger partial charge in [0.1, 0.15) is 5.82 Å². The third kappa shape index (κ3) is 4.93. The van der Waals surface area contributed by atoms with Crippen LogP contribution in [0.2, 0.25) is 0 Å². The van der Waals surface area contributed by atoms with Gasteiger partial charge in [0.25, 0.3) is 12.0 Å². The minimum Gasteiger partial charge on any atom is -0.483 e. The first-order valence-corrected chi connectivity index (χ1v) is 10.3. The van der Waals surface area contributed by atoms with Crippen LogP contribution in [0.1, 0.15) is 50.5 Å². The predicted octanol–water partition coefficient (Wildman–Crippen LogP) is 1.63. The number of rotatable bonds is 3. The second-order valence-electron chi connectivity index (χ2n) is 8.24. The second kappa shape index (κ2) is 9.35. The first-order chi connectivity index (χ1) is 14.0. The Balaban J connectivity index is 0.000000755. The molecule has 0 radical (unpaired) electrons. The van der Waals surface area contributed by atoms with E-state index in [1.807, 2.05) is 4.90 Å². The summed E-state index contributed by atoms with van der Waals surface area (Å²) in [4.78, 5) is 43.0. The van der Waals surface area contributed by atoms with Crippen molar-refractivity contribution in [2.45, 2.75) is 58.7 Å². The summed E-state index contributed by atoms with van der Waals surface area (Å²) in [7, 11) is 0. The summed E-state index contributed by atoms with van der Waals surface area (Å²) >= 11 is 0. The Hall–Kier alpha value is -2.48. The lowest BCUT2D eigenvalue weighted by atomic mass is 9.77. The maximum atomic E-state index is 13.1. The number of hydrogen-bond acceptors (Lipinski definition) is 5. The Labute approximate surface area is 170 Å². The maximum absolute atomic E-state index is 13.1. The van der Waals surface area contributed by atoms with Crippen LogP contribution in [0.3, 0.4) is 0 Å². The highest BCUT2D eigenvalue weighted by atomic mass is 16.3. The van der Waals surface area contributed by atoms with Crippen LogP contribution in [0.15, 0.2) is 23.0 Å². The fourth-order valence-corrected chi connectivity index (χ4v) is 4.40. The van der Waals surface area contributed by atoms with Gasteiger partial charge in [0, 0.05) is 25.7 Å². The zero-order chi connectivity index (χ0) is 20.9. The first-order valence-electron chi connectivity index (χ1n) is 10.3. The number of carbonyl (C=O) groups excluding carboxylic acids is 1. The van der Waals surface area contributed by atoms with Gasteiger partial charge in [-0.3, -0.25) is 23.9 Å². The van der Waals surface area contributed by atoms with Crippen molar-refractivity contribution in [1.29, 1.82) is 0 Å². The van der Waals surface area contributed by atoms with Gasteiger partial charge in [-0.25, -0.2) is 4.98 Å². The minimum atomic E-state index is -0.315. The van der Waals surface area contributed by atoms with Crippen molar-refractivity contribution in [3.05, 3.63) is 40.1 Å². The maximum Gasteiger partial charge on any atom is 0.290 e. The molecule has 1 aromatic rings. The van der Waals surface area contributed by atoms with E-state index in [-0.39, 0.29) is 23.4 Å². The third-order valence-corrected chi connectivity index (χ3v) is 6.05. The van der Waals surface area contributed by atoms with Crippen molar-refractivity contribution in [2.24, 2.45) is 5.41 Å². The lowest BCUT2D eigenvalue weighted by molar-refractivity contribution is -0.143. The molecule has 0 saturated carbocycles. The summed E-state index contributed by atoms with van der Waals surface area (Å²) in [5, 5.41) is 6.89. The van der Waals surface area contributed by atoms with Gasteiger partial charge in [-0.2, -0.15) is 0 Å². The topological polar surface area (TPSA) is 95.7 Å². The summed E-state index contributed by atoms with van der Waals surface area (Å²) in [6, 6.07) is 1.67. The van der Waals surface area contributed by atoms with E-state index in [0.29, 0.717) is 19.6 Å². The molecule has 1 fully saturated rings. The second-order valence-corrected chi connectivity index (χ2v) is 8.24. The fourth-order valence-electron chi connectivity index (χ4n) is 4.40. The number of allylic oxidation sites excluding steroid dienone is 2. The summed E-state index contributed by atoms with van der Waals surface area (Å²) in [6.07, 6.45) is 9.39. The first kappa shape index (κ1) is 21.2. The molecule has 1 unspecified atom stereocenters. The number of nitrogens with zero attached hydrogens (tertiary/aromatic N) is 4. The van der Waals surface area contributed by atoms with E-state index in [4.69, 9.17) is 14.9 Å². The van der Waals surface area contributed by atoms with Gasteiger partial charge in [-0.1, -0.05) is 19.1 Å². The Kier molecular flexibility index (Phi) is 6.84. The van der Waals surface area contributed by atoms with Gasteiger partial charge in [0.15, 0.2) is 0 Å². The van der Waals surface area contributed by atoms with Crippen molar-refractivity contribution in [1.82, 2.24) is 19.4 Å². The number of carbonyl (C=O) groups is 2. The lowest BCUT2D eigenvalue weighted by Gasteiger charge is -2.37. The van der Waals surface area contributed by atoms with Gasteiger partial charge < -0.3 is 10.0 Å². The smallest absolute Gasteiger partial charge is 0.290 e. The van der Waals surface area contributed by atoms with Crippen molar-refractivity contribution in [2.75, 3.05) is 19.6 Å². The third-order valence-electron chi connectivity index (χ3n) is 6.05. The molecule has 3 heterocycles. The number of carboxylic acid groups (broad SMARTS) is 1. The molecule has 8 nitrogen and oxygen atoms in total.